The molecule has 0 fully saturated rings. The van der Waals surface area contributed by atoms with Gasteiger partial charge >= 0.3 is 6.18 Å². The van der Waals surface area contributed by atoms with Crippen LogP contribution in [0.1, 0.15) is 5.56 Å². The fourth-order valence-corrected chi connectivity index (χ4v) is 1.84. The Bertz CT molecular complexity index is 667. The van der Waals surface area contributed by atoms with Crippen molar-refractivity contribution in [1.29, 1.82) is 0 Å². The highest BCUT2D eigenvalue weighted by atomic mass is 35.5. The molecule has 0 saturated carbocycles. The van der Waals surface area contributed by atoms with Gasteiger partial charge < -0.3 is 5.11 Å². The monoisotopic (exact) mass is 308 g/mol. The van der Waals surface area contributed by atoms with Gasteiger partial charge in [-0.25, -0.2) is 8.78 Å². The van der Waals surface area contributed by atoms with Crippen LogP contribution in [0.25, 0.3) is 11.1 Å². The first-order valence-corrected chi connectivity index (χ1v) is 5.63. The predicted molar refractivity (Wildman–Crippen MR) is 63.5 cm³/mol. The third kappa shape index (κ3) is 2.70. The fourth-order valence-electron chi connectivity index (χ4n) is 1.68. The van der Waals surface area contributed by atoms with Crippen molar-refractivity contribution in [2.24, 2.45) is 0 Å². The van der Waals surface area contributed by atoms with Gasteiger partial charge in [0.15, 0.2) is 0 Å². The van der Waals surface area contributed by atoms with E-state index >= 15 is 0 Å². The van der Waals surface area contributed by atoms with Crippen molar-refractivity contribution < 1.29 is 27.1 Å². The Morgan fingerprint density at radius 2 is 1.60 bits per heavy atom. The SMILES string of the molecule is Oc1cc(F)c(Cl)cc1-c1ccc(C(F)(F)F)c(F)c1. The van der Waals surface area contributed by atoms with E-state index in [4.69, 9.17) is 11.6 Å². The maximum absolute atomic E-state index is 13.4. The summed E-state index contributed by atoms with van der Waals surface area (Å²) in [7, 11) is 0. The van der Waals surface area contributed by atoms with Crippen LogP contribution in [-0.4, -0.2) is 5.11 Å². The first kappa shape index (κ1) is 14.6. The van der Waals surface area contributed by atoms with Crippen molar-refractivity contribution >= 4 is 11.6 Å². The largest absolute Gasteiger partial charge is 0.507 e. The molecule has 20 heavy (non-hydrogen) atoms. The Balaban J connectivity index is 2.55. The van der Waals surface area contributed by atoms with E-state index in [1.165, 1.54) is 0 Å². The summed E-state index contributed by atoms with van der Waals surface area (Å²) < 4.78 is 63.8. The lowest BCUT2D eigenvalue weighted by atomic mass is 10.0. The van der Waals surface area contributed by atoms with Crippen LogP contribution in [0.2, 0.25) is 5.02 Å². The molecule has 2 rings (SSSR count). The topological polar surface area (TPSA) is 20.2 Å². The Hall–Kier alpha value is -1.82. The second-order valence-corrected chi connectivity index (χ2v) is 4.38. The van der Waals surface area contributed by atoms with Gasteiger partial charge in [0.2, 0.25) is 0 Å². The zero-order valence-electron chi connectivity index (χ0n) is 9.60. The first-order chi connectivity index (χ1) is 9.20. The quantitative estimate of drug-likeness (QED) is 0.734. The van der Waals surface area contributed by atoms with E-state index in [1.54, 1.807) is 0 Å². The molecule has 0 aliphatic rings. The number of aromatic hydroxyl groups is 1. The van der Waals surface area contributed by atoms with Crippen LogP contribution in [-0.2, 0) is 6.18 Å². The van der Waals surface area contributed by atoms with E-state index in [2.05, 4.69) is 0 Å². The van der Waals surface area contributed by atoms with Gasteiger partial charge in [-0.05, 0) is 23.8 Å². The van der Waals surface area contributed by atoms with Crippen molar-refractivity contribution in [3.05, 3.63) is 52.6 Å². The Morgan fingerprint density at radius 3 is 2.15 bits per heavy atom. The van der Waals surface area contributed by atoms with Crippen molar-refractivity contribution in [2.45, 2.75) is 6.18 Å². The second-order valence-electron chi connectivity index (χ2n) is 3.98. The minimum Gasteiger partial charge on any atom is -0.507 e. The van der Waals surface area contributed by atoms with Crippen LogP contribution in [0.15, 0.2) is 30.3 Å². The first-order valence-electron chi connectivity index (χ1n) is 5.25. The molecule has 2 aromatic rings. The molecule has 1 N–H and O–H groups in total. The summed E-state index contributed by atoms with van der Waals surface area (Å²) in [5, 5.41) is 9.21. The Kier molecular flexibility index (Phi) is 3.60. The molecule has 0 aliphatic heterocycles. The Labute approximate surface area is 115 Å². The third-order valence-electron chi connectivity index (χ3n) is 2.62. The van der Waals surface area contributed by atoms with E-state index in [0.717, 1.165) is 12.1 Å². The van der Waals surface area contributed by atoms with Gasteiger partial charge in [-0.15, -0.1) is 0 Å². The minimum absolute atomic E-state index is 0.0464. The lowest BCUT2D eigenvalue weighted by molar-refractivity contribution is -0.139. The van der Waals surface area contributed by atoms with Crippen LogP contribution in [0.5, 0.6) is 5.75 Å². The number of rotatable bonds is 1. The fraction of sp³-hybridized carbons (Fsp3) is 0.0769. The highest BCUT2D eigenvalue weighted by Gasteiger charge is 2.34. The number of benzene rings is 2. The summed E-state index contributed by atoms with van der Waals surface area (Å²) in [6, 6.07) is 3.82. The normalized spacial score (nSPS) is 11.7. The molecule has 106 valence electrons. The standard InChI is InChI=1S/C13H6ClF5O/c14-9-4-7(12(20)5-11(9)16)6-1-2-8(10(15)3-6)13(17,18)19/h1-5,20H. The number of alkyl halides is 3. The molecular weight excluding hydrogens is 303 g/mol. The summed E-state index contributed by atoms with van der Waals surface area (Å²) in [5.74, 6) is -2.93. The smallest absolute Gasteiger partial charge is 0.419 e. The second kappa shape index (κ2) is 4.94. The maximum atomic E-state index is 13.4. The molecule has 0 bridgehead atoms. The van der Waals surface area contributed by atoms with Gasteiger partial charge in [0, 0.05) is 11.6 Å². The number of hydrogen-bond acceptors (Lipinski definition) is 1. The maximum Gasteiger partial charge on any atom is 0.419 e. The van der Waals surface area contributed by atoms with Gasteiger partial charge in [-0.2, -0.15) is 13.2 Å². The summed E-state index contributed by atoms with van der Waals surface area (Å²) in [4.78, 5) is 0. The molecular formula is C13H6ClF5O. The molecule has 0 aromatic heterocycles. The average molecular weight is 309 g/mol. The van der Waals surface area contributed by atoms with Crippen LogP contribution in [0, 0.1) is 11.6 Å². The molecule has 0 atom stereocenters. The van der Waals surface area contributed by atoms with E-state index < -0.39 is 29.1 Å². The molecule has 7 heteroatoms. The van der Waals surface area contributed by atoms with Crippen molar-refractivity contribution in [3.8, 4) is 16.9 Å². The zero-order valence-corrected chi connectivity index (χ0v) is 10.4. The highest BCUT2D eigenvalue weighted by Crippen LogP contribution is 2.37. The zero-order chi connectivity index (χ0) is 15.1. The molecule has 0 amide bonds. The van der Waals surface area contributed by atoms with Crippen molar-refractivity contribution in [1.82, 2.24) is 0 Å². The number of halogens is 6. The van der Waals surface area contributed by atoms with Crippen LogP contribution in [0.3, 0.4) is 0 Å². The lowest BCUT2D eigenvalue weighted by Gasteiger charge is -2.11. The molecule has 0 aliphatic carbocycles. The van der Waals surface area contributed by atoms with Gasteiger partial charge in [-0.1, -0.05) is 17.7 Å². The third-order valence-corrected chi connectivity index (χ3v) is 2.91. The molecule has 0 unspecified atom stereocenters. The predicted octanol–water partition coefficient (Wildman–Crippen LogP) is 5.01. The van der Waals surface area contributed by atoms with Crippen molar-refractivity contribution in [3.63, 3.8) is 0 Å². The molecule has 1 nitrogen and oxygen atoms in total. The van der Waals surface area contributed by atoms with Gasteiger partial charge in [0.25, 0.3) is 0 Å². The van der Waals surface area contributed by atoms with Gasteiger partial charge in [-0.3, -0.25) is 0 Å². The molecule has 0 saturated heterocycles. The van der Waals surface area contributed by atoms with E-state index in [1.807, 2.05) is 0 Å². The highest BCUT2D eigenvalue weighted by molar-refractivity contribution is 6.31. The summed E-state index contributed by atoms with van der Waals surface area (Å²) >= 11 is 5.52. The number of phenols is 1. The van der Waals surface area contributed by atoms with Crippen LogP contribution < -0.4 is 0 Å². The lowest BCUT2D eigenvalue weighted by Crippen LogP contribution is -2.07. The summed E-state index contributed by atoms with van der Waals surface area (Å²) in [5.41, 5.74) is -1.53. The van der Waals surface area contributed by atoms with Gasteiger partial charge in [0.05, 0.1) is 10.6 Å². The number of phenolic OH excluding ortho intramolecular Hbond substituents is 1. The molecule has 0 spiro atoms. The van der Waals surface area contributed by atoms with E-state index in [9.17, 15) is 27.1 Å². The van der Waals surface area contributed by atoms with Gasteiger partial charge in [0.1, 0.15) is 17.4 Å². The molecule has 0 heterocycles. The summed E-state index contributed by atoms with van der Waals surface area (Å²) in [6.45, 7) is 0. The van der Waals surface area contributed by atoms with Crippen molar-refractivity contribution in [2.75, 3.05) is 0 Å². The van der Waals surface area contributed by atoms with E-state index in [-0.39, 0.29) is 16.1 Å². The molecule has 2 aromatic carbocycles. The minimum atomic E-state index is -4.81. The van der Waals surface area contributed by atoms with Crippen LogP contribution >= 0.6 is 11.6 Å². The molecule has 0 radical (unpaired) electrons. The Morgan fingerprint density at radius 1 is 0.950 bits per heavy atom. The summed E-state index contributed by atoms with van der Waals surface area (Å²) in [6.07, 6.45) is -4.81. The van der Waals surface area contributed by atoms with E-state index in [0.29, 0.717) is 18.2 Å². The average Bonchev–Trinajstić information content (AvgIpc) is 2.32. The van der Waals surface area contributed by atoms with Crippen LogP contribution in [0.4, 0.5) is 22.0 Å². The number of hydrogen-bond donors (Lipinski definition) is 1.